The van der Waals surface area contributed by atoms with Gasteiger partial charge in [0.05, 0.1) is 0 Å². The van der Waals surface area contributed by atoms with E-state index in [1.165, 1.54) is 123 Å². The van der Waals surface area contributed by atoms with Crippen LogP contribution in [0.3, 0.4) is 0 Å². The van der Waals surface area contributed by atoms with Crippen molar-refractivity contribution in [1.29, 1.82) is 0 Å². The molecule has 0 heteroatoms. The van der Waals surface area contributed by atoms with Gasteiger partial charge in [-0.1, -0.05) is 125 Å². The third kappa shape index (κ3) is 10.6. The van der Waals surface area contributed by atoms with Gasteiger partial charge in [0, 0.05) is 0 Å². The molecule has 0 heterocycles. The maximum absolute atomic E-state index is 2.40. The molecule has 0 aliphatic heterocycles. The zero-order chi connectivity index (χ0) is 31.7. The molecule has 0 unspecified atom stereocenters. The van der Waals surface area contributed by atoms with Crippen LogP contribution in [-0.2, 0) is 12.8 Å². The zero-order valence-corrected chi connectivity index (χ0v) is 29.8. The topological polar surface area (TPSA) is 0 Å². The molecule has 0 amide bonds. The van der Waals surface area contributed by atoms with E-state index in [9.17, 15) is 0 Å². The number of hydrogen-bond acceptors (Lipinski definition) is 0. The van der Waals surface area contributed by atoms with Gasteiger partial charge in [-0.25, -0.2) is 0 Å². The van der Waals surface area contributed by atoms with E-state index < -0.39 is 0 Å². The van der Waals surface area contributed by atoms with Crippen molar-refractivity contribution in [2.75, 3.05) is 0 Å². The quantitative estimate of drug-likeness (QED) is 0.276. The molecule has 3 fully saturated rings. The summed E-state index contributed by atoms with van der Waals surface area (Å²) in [5, 5.41) is 0. The lowest BCUT2D eigenvalue weighted by Crippen LogP contribution is -2.20. The molecule has 0 atom stereocenters. The third-order valence-corrected chi connectivity index (χ3v) is 11.4. The molecule has 6 rings (SSSR count). The first kappa shape index (κ1) is 34.5. The van der Waals surface area contributed by atoms with Crippen molar-refractivity contribution < 1.29 is 0 Å². The largest absolute Gasteiger partial charge is 0.0599 e. The standard InChI is InChI=1S/2C15H22.C14H20/c1-12-4-6-13(7-5-12)14-8-10-15(2,3)11-9-14;1-11-8-15(9-12(2)13(11)3)10-14-6-4-5-7-14;1-11-7-8-14(9-12(11)2)10-13-5-3-4-6-13/h4-7,14H,8-11H2,1-3H3;8-9,14H,4-7,10H2,1-3H3;7-9,13H,3-6,10H2,1-2H3. The van der Waals surface area contributed by atoms with Crippen LogP contribution in [0.4, 0.5) is 0 Å². The van der Waals surface area contributed by atoms with Gasteiger partial charge in [-0.2, -0.15) is 0 Å². The summed E-state index contributed by atoms with van der Waals surface area (Å²) in [6, 6.07) is 20.8. The number of hydrogen-bond donors (Lipinski definition) is 0. The smallest absolute Gasteiger partial charge is 0.0162 e. The summed E-state index contributed by atoms with van der Waals surface area (Å²) >= 11 is 0. The Morgan fingerprint density at radius 2 is 1.00 bits per heavy atom. The highest BCUT2D eigenvalue weighted by Gasteiger charge is 2.27. The molecule has 0 spiro atoms. The van der Waals surface area contributed by atoms with Gasteiger partial charge >= 0.3 is 0 Å². The summed E-state index contributed by atoms with van der Waals surface area (Å²) < 4.78 is 0. The fraction of sp³-hybridized carbons (Fsp3) is 0.591. The van der Waals surface area contributed by atoms with Crippen LogP contribution < -0.4 is 0 Å². The van der Waals surface area contributed by atoms with Crippen molar-refractivity contribution in [1.82, 2.24) is 0 Å². The van der Waals surface area contributed by atoms with E-state index in [-0.39, 0.29) is 0 Å². The van der Waals surface area contributed by atoms with Gasteiger partial charge in [0.15, 0.2) is 0 Å². The van der Waals surface area contributed by atoms with E-state index in [1.807, 2.05) is 0 Å². The Hall–Kier alpha value is -2.34. The first-order valence-corrected chi connectivity index (χ1v) is 18.2. The van der Waals surface area contributed by atoms with Crippen molar-refractivity contribution >= 4 is 0 Å². The molecule has 3 aromatic carbocycles. The van der Waals surface area contributed by atoms with Crippen molar-refractivity contribution in [2.45, 2.75) is 151 Å². The Kier molecular flexibility index (Phi) is 12.8. The normalized spacial score (nSPS) is 18.8. The Bertz CT molecular complexity index is 1260. The van der Waals surface area contributed by atoms with Gasteiger partial charge in [-0.05, 0) is 148 Å². The van der Waals surface area contributed by atoms with E-state index in [0.29, 0.717) is 5.41 Å². The monoisotopic (exact) mass is 593 g/mol. The summed E-state index contributed by atoms with van der Waals surface area (Å²) in [4.78, 5) is 0. The maximum Gasteiger partial charge on any atom is -0.0162 e. The molecular weight excluding hydrogens is 528 g/mol. The van der Waals surface area contributed by atoms with Gasteiger partial charge < -0.3 is 0 Å². The van der Waals surface area contributed by atoms with Gasteiger partial charge in [0.2, 0.25) is 0 Å². The van der Waals surface area contributed by atoms with Gasteiger partial charge in [0.1, 0.15) is 0 Å². The van der Waals surface area contributed by atoms with Crippen LogP contribution in [0.2, 0.25) is 0 Å². The van der Waals surface area contributed by atoms with E-state index in [2.05, 4.69) is 110 Å². The van der Waals surface area contributed by atoms with E-state index in [1.54, 1.807) is 16.7 Å². The minimum Gasteiger partial charge on any atom is -0.0599 e. The zero-order valence-electron chi connectivity index (χ0n) is 29.8. The Morgan fingerprint density at radius 3 is 1.50 bits per heavy atom. The summed E-state index contributed by atoms with van der Waals surface area (Å²) in [5.74, 6) is 2.75. The van der Waals surface area contributed by atoms with Crippen LogP contribution in [0.15, 0.2) is 54.6 Å². The van der Waals surface area contributed by atoms with Crippen molar-refractivity contribution in [2.24, 2.45) is 17.3 Å². The van der Waals surface area contributed by atoms with Crippen LogP contribution >= 0.6 is 0 Å². The fourth-order valence-electron chi connectivity index (χ4n) is 7.84. The molecule has 0 aromatic heterocycles. The molecule has 3 aliphatic carbocycles. The third-order valence-electron chi connectivity index (χ3n) is 11.4. The lowest BCUT2D eigenvalue weighted by molar-refractivity contribution is 0.224. The highest BCUT2D eigenvalue weighted by atomic mass is 14.3. The molecule has 3 saturated carbocycles. The average Bonchev–Trinajstić information content (AvgIpc) is 3.70. The molecule has 0 nitrogen and oxygen atoms in total. The van der Waals surface area contributed by atoms with Crippen LogP contribution in [0.25, 0.3) is 0 Å². The molecule has 0 N–H and O–H groups in total. The predicted molar refractivity (Wildman–Crippen MR) is 194 cm³/mol. The van der Waals surface area contributed by atoms with Crippen molar-refractivity contribution in [3.05, 3.63) is 105 Å². The molecular formula is C44H64. The van der Waals surface area contributed by atoms with Crippen LogP contribution in [0.1, 0.15) is 147 Å². The first-order chi connectivity index (χ1) is 21.0. The number of aryl methyl sites for hydroxylation is 5. The lowest BCUT2D eigenvalue weighted by atomic mass is 9.71. The second kappa shape index (κ2) is 16.3. The van der Waals surface area contributed by atoms with Crippen LogP contribution in [0, 0.1) is 58.8 Å². The minimum atomic E-state index is 0.585. The van der Waals surface area contributed by atoms with Crippen LogP contribution in [-0.4, -0.2) is 0 Å². The van der Waals surface area contributed by atoms with E-state index in [0.717, 1.165) is 17.8 Å². The van der Waals surface area contributed by atoms with E-state index >= 15 is 0 Å². The second-order valence-electron chi connectivity index (χ2n) is 15.8. The van der Waals surface area contributed by atoms with Gasteiger partial charge in [-0.15, -0.1) is 0 Å². The number of rotatable bonds is 5. The summed E-state index contributed by atoms with van der Waals surface area (Å²) in [5.41, 5.74) is 13.9. The van der Waals surface area contributed by atoms with Crippen molar-refractivity contribution in [3.63, 3.8) is 0 Å². The predicted octanol–water partition coefficient (Wildman–Crippen LogP) is 13.1. The molecule has 44 heavy (non-hydrogen) atoms. The molecule has 3 aromatic rings. The fourth-order valence-corrected chi connectivity index (χ4v) is 7.84. The molecule has 0 bridgehead atoms. The highest BCUT2D eigenvalue weighted by molar-refractivity contribution is 5.37. The summed E-state index contributed by atoms with van der Waals surface area (Å²) in [6.07, 6.45) is 19.7. The van der Waals surface area contributed by atoms with Crippen LogP contribution in [0.5, 0.6) is 0 Å². The molecule has 3 aliphatic rings. The Labute approximate surface area is 272 Å². The molecule has 0 saturated heterocycles. The molecule has 0 radical (unpaired) electrons. The lowest BCUT2D eigenvalue weighted by Gasteiger charge is -2.34. The van der Waals surface area contributed by atoms with Gasteiger partial charge in [0.25, 0.3) is 0 Å². The maximum atomic E-state index is 2.40. The summed E-state index contributed by atoms with van der Waals surface area (Å²) in [6.45, 7) is 18.1. The summed E-state index contributed by atoms with van der Waals surface area (Å²) in [7, 11) is 0. The Balaban J connectivity index is 0.000000151. The SMILES string of the molecule is Cc1cc(CC2CCCC2)cc(C)c1C.Cc1ccc(C2CCC(C)(C)CC2)cc1.Cc1ccc(CC2CCCC2)cc1C. The molecule has 240 valence electrons. The number of benzene rings is 3. The van der Waals surface area contributed by atoms with Crippen molar-refractivity contribution in [3.8, 4) is 0 Å². The Morgan fingerprint density at radius 1 is 0.523 bits per heavy atom. The average molecular weight is 593 g/mol. The highest BCUT2D eigenvalue weighted by Crippen LogP contribution is 2.42. The minimum absolute atomic E-state index is 0.585. The van der Waals surface area contributed by atoms with Gasteiger partial charge in [-0.3, -0.25) is 0 Å². The first-order valence-electron chi connectivity index (χ1n) is 18.2. The van der Waals surface area contributed by atoms with E-state index in [4.69, 9.17) is 0 Å². The second-order valence-corrected chi connectivity index (χ2v) is 15.8.